The van der Waals surface area contributed by atoms with Crippen LogP contribution in [0.25, 0.3) is 0 Å². The Morgan fingerprint density at radius 1 is 1.17 bits per heavy atom. The van der Waals surface area contributed by atoms with Crippen LogP contribution in [0.15, 0.2) is 4.66 Å². The number of nitrogens with one attached hydrogen (secondary N) is 1. The van der Waals surface area contributed by atoms with E-state index in [9.17, 15) is 19.2 Å². The number of rotatable bonds is 11. The van der Waals surface area contributed by atoms with E-state index in [1.165, 1.54) is 0 Å². The third kappa shape index (κ3) is 23.8. The van der Waals surface area contributed by atoms with Gasteiger partial charge in [-0.05, 0) is 37.9 Å². The predicted molar refractivity (Wildman–Crippen MR) is 91.7 cm³/mol. The average molecular weight is 396 g/mol. The third-order valence-electron chi connectivity index (χ3n) is 1.79. The number of hydrogen-bond acceptors (Lipinski definition) is 7. The fourth-order valence-corrected chi connectivity index (χ4v) is 1.94. The highest BCUT2D eigenvalue weighted by atomic mass is 35.5. The first-order valence-corrected chi connectivity index (χ1v) is 8.87. The minimum Gasteiger partial charge on any atom is -0.466 e. The molecule has 123 valence electrons. The Hall–Kier alpha value is -0.610. The van der Waals surface area contributed by atoms with E-state index >= 15 is 0 Å². The van der Waals surface area contributed by atoms with Crippen molar-refractivity contribution in [2.75, 3.05) is 12.8 Å². The number of esters is 1. The van der Waals surface area contributed by atoms with Crippen molar-refractivity contribution in [3.63, 3.8) is 0 Å². The molecule has 0 amide bonds. The zero-order chi connectivity index (χ0) is 18.1. The number of Topliss-reactive ketones (excluding diaryl/α,β-unsaturated/α-hetero) is 1. The monoisotopic (exact) mass is 395 g/mol. The van der Waals surface area contributed by atoms with Gasteiger partial charge in [-0.1, -0.05) is 8.25 Å². The van der Waals surface area contributed by atoms with Crippen LogP contribution in [-0.2, 0) is 23.9 Å². The Morgan fingerprint density at radius 3 is 2.22 bits per heavy atom. The van der Waals surface area contributed by atoms with Crippen LogP contribution in [-0.4, -0.2) is 50.0 Å². The van der Waals surface area contributed by atoms with Gasteiger partial charge in [-0.3, -0.25) is 24.3 Å². The van der Waals surface area contributed by atoms with Crippen molar-refractivity contribution in [2.24, 2.45) is 4.66 Å². The number of hydrogen-bond donors (Lipinski definition) is 1. The third-order valence-corrected chi connectivity index (χ3v) is 3.09. The molecule has 0 bridgehead atoms. The van der Waals surface area contributed by atoms with E-state index in [0.29, 0.717) is 29.1 Å². The Labute approximate surface area is 149 Å². The highest BCUT2D eigenvalue weighted by Gasteiger charge is 2.09. The lowest BCUT2D eigenvalue weighted by Crippen LogP contribution is -2.12. The van der Waals surface area contributed by atoms with Gasteiger partial charge in [-0.2, -0.15) is 0 Å². The summed E-state index contributed by atoms with van der Waals surface area (Å²) in [5.74, 6) is -0.676. The first-order valence-electron chi connectivity index (χ1n) is 6.12. The Morgan fingerprint density at radius 2 is 1.78 bits per heavy atom. The summed E-state index contributed by atoms with van der Waals surface area (Å²) in [6.07, 6.45) is 0.778. The topological polar surface area (TPSA) is 114 Å². The molecule has 0 aliphatic rings. The molecule has 0 aliphatic heterocycles. The Balaban J connectivity index is 0. The summed E-state index contributed by atoms with van der Waals surface area (Å²) in [7, 11) is 5.96. The molecule has 0 fully saturated rings. The van der Waals surface area contributed by atoms with Gasteiger partial charge in [-0.25, -0.2) is 0 Å². The average Bonchev–Trinajstić information content (AvgIpc) is 2.43. The number of halogens is 2. The van der Waals surface area contributed by atoms with Crippen molar-refractivity contribution in [3.8, 4) is 0 Å². The van der Waals surface area contributed by atoms with E-state index in [-0.39, 0.29) is 31.7 Å². The van der Waals surface area contributed by atoms with Crippen LogP contribution < -0.4 is 0 Å². The lowest BCUT2D eigenvalue weighted by molar-refractivity contribution is -0.145. The molecule has 0 aromatic carbocycles. The zero-order valence-electron chi connectivity index (χ0n) is 12.0. The van der Waals surface area contributed by atoms with E-state index in [4.69, 9.17) is 41.1 Å². The smallest absolute Gasteiger partial charge is 0.313 e. The fraction of sp³-hybridized carbons (Fsp3) is 0.600. The van der Waals surface area contributed by atoms with E-state index in [1.54, 1.807) is 7.00 Å². The Kier molecular flexibility index (Phi) is 19.0. The molecule has 0 heterocycles. The molecule has 0 unspecified atom stereocenters. The van der Waals surface area contributed by atoms with Gasteiger partial charge in [0.25, 0.3) is 7.98 Å². The molecule has 0 rings (SSSR count). The quantitative estimate of drug-likeness (QED) is 0.144. The minimum atomic E-state index is -0.722. The van der Waals surface area contributed by atoms with Gasteiger partial charge >= 0.3 is 5.97 Å². The number of nitrogens with zero attached hydrogens (tertiary/aromatic N) is 1. The molecule has 3 radical (unpaired) electrons. The van der Waals surface area contributed by atoms with Crippen molar-refractivity contribution in [3.05, 3.63) is 0 Å². The van der Waals surface area contributed by atoms with E-state index in [1.807, 2.05) is 0 Å². The maximum atomic E-state index is 11.2. The maximum Gasteiger partial charge on any atom is 0.313 e. The van der Waals surface area contributed by atoms with Gasteiger partial charge in [-0.15, -0.1) is 0 Å². The molecule has 0 aromatic heterocycles. The van der Waals surface area contributed by atoms with E-state index in [0.717, 1.165) is 0 Å². The highest BCUT2D eigenvalue weighted by Crippen LogP contribution is 2.03. The summed E-state index contributed by atoms with van der Waals surface area (Å²) in [5, 5.41) is 5.35. The van der Waals surface area contributed by atoms with Crippen molar-refractivity contribution in [2.45, 2.75) is 25.6 Å². The summed E-state index contributed by atoms with van der Waals surface area (Å²) in [6.45, 7) is 1.89. The van der Waals surface area contributed by atoms with Gasteiger partial charge in [0.05, 0.1) is 13.0 Å². The van der Waals surface area contributed by atoms with Gasteiger partial charge in [0, 0.05) is 12.6 Å². The van der Waals surface area contributed by atoms with Crippen molar-refractivity contribution < 1.29 is 23.9 Å². The van der Waals surface area contributed by atoms with Crippen LogP contribution in [0.4, 0.5) is 0 Å². The summed E-state index contributed by atoms with van der Waals surface area (Å²) in [5.41, 5.74) is 0. The van der Waals surface area contributed by atoms with Gasteiger partial charge in [0.15, 0.2) is 0 Å². The van der Waals surface area contributed by atoms with E-state index in [2.05, 4.69) is 4.66 Å². The molecule has 1 N–H and O–H groups in total. The molecule has 0 aromatic rings. The second-order valence-corrected chi connectivity index (χ2v) is 6.08. The number of carbonyl (C=O) groups excluding carboxylic acids is 4. The SMILES string of the molecule is O=C(Cl)CC(=O)Cl.[B]N=PCCC(=O)CC(=O)OCC[B]P=N. The predicted octanol–water partition coefficient (Wildman–Crippen LogP) is 2.75. The molecule has 0 spiro atoms. The summed E-state index contributed by atoms with van der Waals surface area (Å²) in [4.78, 5) is 41.7. The molecule has 0 saturated carbocycles. The highest BCUT2D eigenvalue weighted by molar-refractivity contribution is 7.61. The van der Waals surface area contributed by atoms with Crippen LogP contribution >= 0.6 is 39.8 Å². The van der Waals surface area contributed by atoms with Crippen LogP contribution in [0.5, 0.6) is 0 Å². The summed E-state index contributed by atoms with van der Waals surface area (Å²) < 4.78 is 8.13. The maximum absolute atomic E-state index is 11.2. The van der Waals surface area contributed by atoms with Crippen LogP contribution in [0, 0.1) is 5.16 Å². The molecule has 0 aliphatic carbocycles. The molecule has 13 heteroatoms. The molecule has 0 atom stereocenters. The number of ether oxygens (including phenoxy) is 1. The first-order chi connectivity index (χ1) is 10.8. The molecule has 7 nitrogen and oxygen atoms in total. The molecular formula is C10H13B2Cl2N2O5P2. The summed E-state index contributed by atoms with van der Waals surface area (Å²) >= 11 is 9.46. The van der Waals surface area contributed by atoms with Gasteiger partial charge in [0.2, 0.25) is 17.5 Å². The molecule has 0 saturated heterocycles. The van der Waals surface area contributed by atoms with Gasteiger partial charge < -0.3 is 9.39 Å². The largest absolute Gasteiger partial charge is 0.466 e. The lowest BCUT2D eigenvalue weighted by atomic mass is 10.0. The molecule has 23 heavy (non-hydrogen) atoms. The zero-order valence-corrected chi connectivity index (χ0v) is 15.3. The minimum absolute atomic E-state index is 0.163. The van der Waals surface area contributed by atoms with E-state index < -0.39 is 16.5 Å². The lowest BCUT2D eigenvalue weighted by Gasteiger charge is -2.01. The van der Waals surface area contributed by atoms with Crippen molar-refractivity contribution >= 4 is 77.0 Å². The fourth-order valence-electron chi connectivity index (χ4n) is 0.932. The second kappa shape index (κ2) is 17.7. The van der Waals surface area contributed by atoms with Crippen LogP contribution in [0.1, 0.15) is 19.3 Å². The number of carbonyl (C=O) groups is 4. The second-order valence-electron chi connectivity index (χ2n) is 3.65. The Bertz CT molecular complexity index is 443. The number of ketones is 1. The summed E-state index contributed by atoms with van der Waals surface area (Å²) in [6, 6.07) is 0. The van der Waals surface area contributed by atoms with Crippen molar-refractivity contribution in [1.29, 1.82) is 5.16 Å². The van der Waals surface area contributed by atoms with Gasteiger partial charge in [0.1, 0.15) is 12.2 Å². The van der Waals surface area contributed by atoms with Crippen LogP contribution in [0.3, 0.4) is 0 Å². The standard InChI is InChI=1S/C7H11B2N2O3P2.C3H2Cl2O2/c8-11-15-4-1-6(12)5-7(13)14-3-2-9-16-10;4-2(6)1-3(5)7/h10H,1-5H2;1H2. The normalized spacial score (nSPS) is 9.83. The first kappa shape index (κ1) is 24.6. The molecular weight excluding hydrogens is 383 g/mol. The van der Waals surface area contributed by atoms with Crippen molar-refractivity contribution in [1.82, 2.24) is 0 Å². The van der Waals surface area contributed by atoms with Crippen LogP contribution in [0.2, 0.25) is 6.32 Å².